The summed E-state index contributed by atoms with van der Waals surface area (Å²) in [5.41, 5.74) is 0.650. The lowest BCUT2D eigenvalue weighted by Crippen LogP contribution is -2.47. The number of likely N-dealkylation sites (tertiary alicyclic amines) is 1. The van der Waals surface area contributed by atoms with Crippen molar-refractivity contribution in [2.75, 3.05) is 19.6 Å². The Morgan fingerprint density at radius 2 is 1.75 bits per heavy atom. The number of carboxylic acids is 1. The highest BCUT2D eigenvalue weighted by Gasteiger charge is 2.32. The van der Waals surface area contributed by atoms with Crippen LogP contribution in [-0.4, -0.2) is 58.4 Å². The maximum atomic E-state index is 12.6. The summed E-state index contributed by atoms with van der Waals surface area (Å²) in [6, 6.07) is 8.94. The zero-order valence-corrected chi connectivity index (χ0v) is 14.1. The van der Waals surface area contributed by atoms with Gasteiger partial charge < -0.3 is 14.9 Å². The number of carbonyl (C=O) groups is 3. The van der Waals surface area contributed by atoms with Gasteiger partial charge in [-0.15, -0.1) is 0 Å². The van der Waals surface area contributed by atoms with Crippen molar-refractivity contribution in [3.63, 3.8) is 0 Å². The third kappa shape index (κ3) is 4.34. The lowest BCUT2D eigenvalue weighted by Gasteiger charge is -2.35. The number of carbonyl (C=O) groups excluding carboxylic acids is 2. The molecule has 0 atom stereocenters. The molecule has 1 aliphatic rings. The van der Waals surface area contributed by atoms with Crippen LogP contribution >= 0.6 is 0 Å². The van der Waals surface area contributed by atoms with Gasteiger partial charge in [0, 0.05) is 30.6 Å². The second-order valence-corrected chi connectivity index (χ2v) is 6.39. The van der Waals surface area contributed by atoms with Crippen LogP contribution in [-0.2, 0) is 9.59 Å². The first-order chi connectivity index (χ1) is 11.4. The normalized spacial score (nSPS) is 15.4. The lowest BCUT2D eigenvalue weighted by atomic mass is 9.94. The molecule has 1 aliphatic heterocycles. The molecule has 0 aliphatic carbocycles. The summed E-state index contributed by atoms with van der Waals surface area (Å²) in [5.74, 6) is -1.37. The second kappa shape index (κ2) is 7.95. The van der Waals surface area contributed by atoms with E-state index in [9.17, 15) is 14.4 Å². The molecule has 0 radical (unpaired) electrons. The summed E-state index contributed by atoms with van der Waals surface area (Å²) in [6.07, 6.45) is 1.14. The van der Waals surface area contributed by atoms with E-state index in [2.05, 4.69) is 0 Å². The van der Waals surface area contributed by atoms with Crippen LogP contribution < -0.4 is 0 Å². The van der Waals surface area contributed by atoms with E-state index in [1.165, 1.54) is 4.90 Å². The zero-order chi connectivity index (χ0) is 17.7. The molecule has 6 nitrogen and oxygen atoms in total. The summed E-state index contributed by atoms with van der Waals surface area (Å²) in [4.78, 5) is 39.1. The minimum atomic E-state index is -1.01. The summed E-state index contributed by atoms with van der Waals surface area (Å²) >= 11 is 0. The van der Waals surface area contributed by atoms with Crippen molar-refractivity contribution < 1.29 is 19.5 Å². The highest BCUT2D eigenvalue weighted by atomic mass is 16.4. The van der Waals surface area contributed by atoms with E-state index in [0.29, 0.717) is 31.5 Å². The SMILES string of the molecule is CC(C)N(CC(=O)O)C(=O)C1CCN(C(=O)c2ccccc2)CC1. The van der Waals surface area contributed by atoms with Gasteiger partial charge in [0.05, 0.1) is 0 Å². The molecule has 1 heterocycles. The predicted octanol–water partition coefficient (Wildman–Crippen LogP) is 1.86. The van der Waals surface area contributed by atoms with Crippen LogP contribution in [0.5, 0.6) is 0 Å². The van der Waals surface area contributed by atoms with Gasteiger partial charge in [0.25, 0.3) is 5.91 Å². The van der Waals surface area contributed by atoms with Gasteiger partial charge in [0.2, 0.25) is 5.91 Å². The molecule has 24 heavy (non-hydrogen) atoms. The van der Waals surface area contributed by atoms with Crippen LogP contribution in [0.1, 0.15) is 37.0 Å². The van der Waals surface area contributed by atoms with Crippen LogP contribution in [0.15, 0.2) is 30.3 Å². The Morgan fingerprint density at radius 3 is 2.25 bits per heavy atom. The molecular formula is C18H24N2O4. The molecule has 130 valence electrons. The molecule has 2 amide bonds. The number of nitrogens with zero attached hydrogens (tertiary/aromatic N) is 2. The molecule has 1 aromatic carbocycles. The van der Waals surface area contributed by atoms with Crippen LogP contribution in [0, 0.1) is 5.92 Å². The Kier molecular flexibility index (Phi) is 5.95. The van der Waals surface area contributed by atoms with E-state index < -0.39 is 5.97 Å². The first kappa shape index (κ1) is 18.0. The fourth-order valence-electron chi connectivity index (χ4n) is 2.99. The van der Waals surface area contributed by atoms with Crippen molar-refractivity contribution >= 4 is 17.8 Å². The van der Waals surface area contributed by atoms with Gasteiger partial charge in [0.1, 0.15) is 6.54 Å². The number of aliphatic carboxylic acids is 1. The van der Waals surface area contributed by atoms with Crippen molar-refractivity contribution in [1.29, 1.82) is 0 Å². The van der Waals surface area contributed by atoms with Crippen molar-refractivity contribution in [3.8, 4) is 0 Å². The van der Waals surface area contributed by atoms with Gasteiger partial charge in [-0.3, -0.25) is 14.4 Å². The quantitative estimate of drug-likeness (QED) is 0.893. The van der Waals surface area contributed by atoms with Gasteiger partial charge in [-0.05, 0) is 38.8 Å². The van der Waals surface area contributed by atoms with E-state index in [0.717, 1.165) is 0 Å². The maximum absolute atomic E-state index is 12.6. The van der Waals surface area contributed by atoms with Crippen LogP contribution in [0.25, 0.3) is 0 Å². The fraction of sp³-hybridized carbons (Fsp3) is 0.500. The maximum Gasteiger partial charge on any atom is 0.323 e. The minimum absolute atomic E-state index is 0.0206. The average molecular weight is 332 g/mol. The molecule has 0 saturated carbocycles. The number of carboxylic acid groups (broad SMARTS) is 1. The molecule has 2 rings (SSSR count). The monoisotopic (exact) mass is 332 g/mol. The first-order valence-electron chi connectivity index (χ1n) is 8.26. The Morgan fingerprint density at radius 1 is 1.17 bits per heavy atom. The van der Waals surface area contributed by atoms with Crippen molar-refractivity contribution in [2.24, 2.45) is 5.92 Å². The summed E-state index contributed by atoms with van der Waals surface area (Å²) < 4.78 is 0. The highest BCUT2D eigenvalue weighted by Crippen LogP contribution is 2.22. The van der Waals surface area contributed by atoms with E-state index in [-0.39, 0.29) is 30.3 Å². The van der Waals surface area contributed by atoms with Crippen LogP contribution in [0.3, 0.4) is 0 Å². The number of piperidine rings is 1. The van der Waals surface area contributed by atoms with E-state index in [4.69, 9.17) is 5.11 Å². The van der Waals surface area contributed by atoms with Gasteiger partial charge in [-0.2, -0.15) is 0 Å². The van der Waals surface area contributed by atoms with Gasteiger partial charge >= 0.3 is 5.97 Å². The van der Waals surface area contributed by atoms with E-state index in [1.807, 2.05) is 32.0 Å². The van der Waals surface area contributed by atoms with Crippen LogP contribution in [0.2, 0.25) is 0 Å². The lowest BCUT2D eigenvalue weighted by molar-refractivity contribution is -0.148. The summed E-state index contributed by atoms with van der Waals surface area (Å²) in [5, 5.41) is 8.97. The topological polar surface area (TPSA) is 77.9 Å². The zero-order valence-electron chi connectivity index (χ0n) is 14.1. The van der Waals surface area contributed by atoms with Crippen LogP contribution in [0.4, 0.5) is 0 Å². The number of hydrogen-bond donors (Lipinski definition) is 1. The minimum Gasteiger partial charge on any atom is -0.480 e. The third-order valence-electron chi connectivity index (χ3n) is 4.36. The molecule has 1 fully saturated rings. The van der Waals surface area contributed by atoms with Crippen molar-refractivity contribution in [2.45, 2.75) is 32.7 Å². The van der Waals surface area contributed by atoms with Gasteiger partial charge in [-0.25, -0.2) is 0 Å². The molecule has 1 saturated heterocycles. The second-order valence-electron chi connectivity index (χ2n) is 6.39. The van der Waals surface area contributed by atoms with Crippen molar-refractivity contribution in [3.05, 3.63) is 35.9 Å². The molecular weight excluding hydrogens is 308 g/mol. The molecule has 0 spiro atoms. The Hall–Kier alpha value is -2.37. The molecule has 1 aromatic rings. The molecule has 6 heteroatoms. The highest BCUT2D eigenvalue weighted by molar-refractivity contribution is 5.94. The molecule has 1 N–H and O–H groups in total. The fourth-order valence-corrected chi connectivity index (χ4v) is 2.99. The molecule has 0 unspecified atom stereocenters. The average Bonchev–Trinajstić information content (AvgIpc) is 2.59. The number of amides is 2. The third-order valence-corrected chi connectivity index (χ3v) is 4.36. The smallest absolute Gasteiger partial charge is 0.323 e. The summed E-state index contributed by atoms with van der Waals surface area (Å²) in [7, 11) is 0. The van der Waals surface area contributed by atoms with Gasteiger partial charge in [-0.1, -0.05) is 18.2 Å². The van der Waals surface area contributed by atoms with E-state index in [1.54, 1.807) is 17.0 Å². The van der Waals surface area contributed by atoms with Crippen molar-refractivity contribution in [1.82, 2.24) is 9.80 Å². The van der Waals surface area contributed by atoms with E-state index >= 15 is 0 Å². The standard InChI is InChI=1S/C18H24N2O4/c1-13(2)20(12-16(21)22)18(24)15-8-10-19(11-9-15)17(23)14-6-4-3-5-7-14/h3-7,13,15H,8-12H2,1-2H3,(H,21,22). The molecule has 0 aromatic heterocycles. The van der Waals surface area contributed by atoms with Gasteiger partial charge in [0.15, 0.2) is 0 Å². The number of benzene rings is 1. The molecule has 0 bridgehead atoms. The Labute approximate surface area is 142 Å². The predicted molar refractivity (Wildman–Crippen MR) is 89.6 cm³/mol. The number of rotatable bonds is 5. The largest absolute Gasteiger partial charge is 0.480 e. The first-order valence-corrected chi connectivity index (χ1v) is 8.26. The Balaban J connectivity index is 1.95. The number of hydrogen-bond acceptors (Lipinski definition) is 3. The Bertz CT molecular complexity index is 592. The summed E-state index contributed by atoms with van der Waals surface area (Å²) in [6.45, 7) is 4.38.